The molecular weight excluding hydrogens is 473 g/mol. The summed E-state index contributed by atoms with van der Waals surface area (Å²) < 4.78 is 44.8. The number of amides is 2. The number of carbonyl (C=O) groups is 2. The lowest BCUT2D eigenvalue weighted by Crippen LogP contribution is -2.47. The number of hydrogen-bond acceptors (Lipinski definition) is 5. The van der Waals surface area contributed by atoms with Gasteiger partial charge >= 0.3 is 0 Å². The van der Waals surface area contributed by atoms with Crippen molar-refractivity contribution in [3.05, 3.63) is 59.9 Å². The molecule has 2 amide bonds. The van der Waals surface area contributed by atoms with Gasteiger partial charge in [0.05, 0.1) is 19.1 Å². The number of anilines is 1. The van der Waals surface area contributed by atoms with Crippen LogP contribution in [-0.2, 0) is 26.2 Å². The fourth-order valence-electron chi connectivity index (χ4n) is 3.58. The predicted octanol–water partition coefficient (Wildman–Crippen LogP) is 3.32. The van der Waals surface area contributed by atoms with Crippen molar-refractivity contribution in [1.29, 1.82) is 0 Å². The van der Waals surface area contributed by atoms with Gasteiger partial charge in [-0.2, -0.15) is 0 Å². The average Bonchev–Trinajstić information content (AvgIpc) is 2.83. The van der Waals surface area contributed by atoms with Crippen LogP contribution < -0.4 is 14.4 Å². The van der Waals surface area contributed by atoms with Crippen LogP contribution in [0.3, 0.4) is 0 Å². The zero-order valence-corrected chi connectivity index (χ0v) is 21.5. The molecule has 0 bridgehead atoms. The average molecular weight is 508 g/mol. The zero-order valence-electron chi connectivity index (χ0n) is 20.7. The summed E-state index contributed by atoms with van der Waals surface area (Å²) in [6.45, 7) is 4.25. The van der Waals surface area contributed by atoms with Crippen LogP contribution in [-0.4, -0.2) is 57.6 Å². The molecule has 0 unspecified atom stereocenters. The number of carbonyl (C=O) groups excluding carboxylic acids is 2. The summed E-state index contributed by atoms with van der Waals surface area (Å²) in [7, 11) is -2.17. The number of para-hydroxylation sites is 2. The van der Waals surface area contributed by atoms with E-state index in [1.165, 1.54) is 28.4 Å². The fraction of sp³-hybridized carbons (Fsp3) is 0.440. The van der Waals surface area contributed by atoms with Crippen molar-refractivity contribution in [2.45, 2.75) is 45.7 Å². The smallest absolute Gasteiger partial charge is 0.242 e. The van der Waals surface area contributed by atoms with Crippen LogP contribution in [0, 0.1) is 5.82 Å². The number of ether oxygens (including phenoxy) is 1. The Morgan fingerprint density at radius 3 is 2.37 bits per heavy atom. The van der Waals surface area contributed by atoms with E-state index < -0.39 is 21.9 Å². The van der Waals surface area contributed by atoms with E-state index in [1.54, 1.807) is 43.3 Å². The first-order valence-electron chi connectivity index (χ1n) is 11.5. The highest BCUT2D eigenvalue weighted by atomic mass is 32.2. The minimum atomic E-state index is -3.63. The topological polar surface area (TPSA) is 96.0 Å². The molecule has 0 saturated carbocycles. The second-order valence-electron chi connectivity index (χ2n) is 8.23. The number of benzene rings is 2. The maximum absolute atomic E-state index is 13.3. The van der Waals surface area contributed by atoms with Gasteiger partial charge in [0.25, 0.3) is 0 Å². The van der Waals surface area contributed by atoms with E-state index in [0.29, 0.717) is 23.5 Å². The van der Waals surface area contributed by atoms with Crippen molar-refractivity contribution in [3.63, 3.8) is 0 Å². The Kier molecular flexibility index (Phi) is 10.5. The highest BCUT2D eigenvalue weighted by Gasteiger charge is 2.27. The molecule has 0 aliphatic rings. The van der Waals surface area contributed by atoms with E-state index in [1.807, 2.05) is 6.92 Å². The number of hydrogen-bond donors (Lipinski definition) is 1. The fourth-order valence-corrected chi connectivity index (χ4v) is 4.55. The summed E-state index contributed by atoms with van der Waals surface area (Å²) >= 11 is 0. The third-order valence-electron chi connectivity index (χ3n) is 5.49. The van der Waals surface area contributed by atoms with Crippen molar-refractivity contribution in [2.75, 3.05) is 30.8 Å². The summed E-state index contributed by atoms with van der Waals surface area (Å²) in [5, 5.41) is 2.80. The second-order valence-corrected chi connectivity index (χ2v) is 10.1. The Morgan fingerprint density at radius 1 is 1.11 bits per heavy atom. The van der Waals surface area contributed by atoms with Gasteiger partial charge in [0.1, 0.15) is 17.6 Å². The van der Waals surface area contributed by atoms with Crippen LogP contribution in [0.5, 0.6) is 5.75 Å². The molecule has 0 fully saturated rings. The Balaban J connectivity index is 2.17. The molecule has 0 aliphatic heterocycles. The molecule has 10 heteroatoms. The number of nitrogens with one attached hydrogen (secondary N) is 1. The van der Waals surface area contributed by atoms with Crippen molar-refractivity contribution in [2.24, 2.45) is 0 Å². The molecule has 0 heterocycles. The molecule has 8 nitrogen and oxygen atoms in total. The molecule has 1 N–H and O–H groups in total. The van der Waals surface area contributed by atoms with Crippen molar-refractivity contribution >= 4 is 27.5 Å². The maximum atomic E-state index is 13.3. The number of rotatable bonds is 13. The van der Waals surface area contributed by atoms with Gasteiger partial charge in [-0.3, -0.25) is 13.9 Å². The second kappa shape index (κ2) is 13.1. The maximum Gasteiger partial charge on any atom is 0.242 e. The first kappa shape index (κ1) is 28.1. The Morgan fingerprint density at radius 2 is 1.77 bits per heavy atom. The molecule has 0 aliphatic carbocycles. The lowest BCUT2D eigenvalue weighted by Gasteiger charge is -2.29. The largest absolute Gasteiger partial charge is 0.495 e. The Labute approximate surface area is 207 Å². The van der Waals surface area contributed by atoms with E-state index in [9.17, 15) is 22.4 Å². The third kappa shape index (κ3) is 8.24. The van der Waals surface area contributed by atoms with E-state index >= 15 is 0 Å². The quantitative estimate of drug-likeness (QED) is 0.449. The van der Waals surface area contributed by atoms with E-state index in [4.69, 9.17) is 4.74 Å². The molecule has 0 saturated heterocycles. The molecular formula is C25H34FN3O5S. The van der Waals surface area contributed by atoms with E-state index in [0.717, 1.165) is 12.7 Å². The molecule has 0 aromatic heterocycles. The summed E-state index contributed by atoms with van der Waals surface area (Å²) in [6.07, 6.45) is 2.11. The predicted molar refractivity (Wildman–Crippen MR) is 134 cm³/mol. The molecule has 2 aromatic carbocycles. The molecule has 192 valence electrons. The monoisotopic (exact) mass is 507 g/mol. The van der Waals surface area contributed by atoms with Crippen LogP contribution in [0.1, 0.15) is 38.7 Å². The number of sulfonamides is 1. The van der Waals surface area contributed by atoms with Crippen molar-refractivity contribution in [3.8, 4) is 5.75 Å². The van der Waals surface area contributed by atoms with Crippen LogP contribution in [0.4, 0.5) is 10.1 Å². The molecule has 0 radical (unpaired) electrons. The van der Waals surface area contributed by atoms with Crippen LogP contribution in [0.25, 0.3) is 0 Å². The van der Waals surface area contributed by atoms with Crippen molar-refractivity contribution in [1.82, 2.24) is 10.2 Å². The minimum absolute atomic E-state index is 0.0216. The van der Waals surface area contributed by atoms with Crippen LogP contribution in [0.15, 0.2) is 48.5 Å². The minimum Gasteiger partial charge on any atom is -0.495 e. The summed E-state index contributed by atoms with van der Waals surface area (Å²) in [6, 6.07) is 11.8. The van der Waals surface area contributed by atoms with Gasteiger partial charge in [-0.15, -0.1) is 0 Å². The third-order valence-corrected chi connectivity index (χ3v) is 6.67. The normalized spacial score (nSPS) is 12.0. The van der Waals surface area contributed by atoms with E-state index in [2.05, 4.69) is 5.32 Å². The van der Waals surface area contributed by atoms with Gasteiger partial charge in [0.15, 0.2) is 0 Å². The molecule has 35 heavy (non-hydrogen) atoms. The van der Waals surface area contributed by atoms with Gasteiger partial charge in [0.2, 0.25) is 21.8 Å². The first-order chi connectivity index (χ1) is 16.6. The Bertz CT molecular complexity index is 1090. The Hall–Kier alpha value is -3.14. The van der Waals surface area contributed by atoms with Gasteiger partial charge in [-0.05, 0) is 49.6 Å². The molecule has 0 spiro atoms. The number of halogens is 1. The molecule has 1 atom stereocenters. The van der Waals surface area contributed by atoms with Crippen molar-refractivity contribution < 1.29 is 27.1 Å². The van der Waals surface area contributed by atoms with E-state index in [-0.39, 0.29) is 37.7 Å². The first-order valence-corrected chi connectivity index (χ1v) is 13.4. The summed E-state index contributed by atoms with van der Waals surface area (Å²) in [4.78, 5) is 27.2. The van der Waals surface area contributed by atoms with Gasteiger partial charge < -0.3 is 15.0 Å². The molecule has 2 aromatic rings. The standard InChI is InChI=1S/C25H34FN3O5S/c1-5-16-27-25(31)19(2)28(18-20-12-14-21(26)15-13-20)24(30)11-8-17-29(35(4,32)33)22-9-6-7-10-23(22)34-3/h6-7,9-10,12-15,19H,5,8,11,16-18H2,1-4H3,(H,27,31)/t19-/m1/s1. The highest BCUT2D eigenvalue weighted by Crippen LogP contribution is 2.29. The van der Waals surface area contributed by atoms with Gasteiger partial charge in [0, 0.05) is 26.1 Å². The van der Waals surface area contributed by atoms with Gasteiger partial charge in [-0.25, -0.2) is 12.8 Å². The van der Waals surface area contributed by atoms with Gasteiger partial charge in [-0.1, -0.05) is 31.2 Å². The zero-order chi connectivity index (χ0) is 26.0. The number of methoxy groups -OCH3 is 1. The van der Waals surface area contributed by atoms with Crippen LogP contribution in [0.2, 0.25) is 0 Å². The van der Waals surface area contributed by atoms with Crippen LogP contribution >= 0.6 is 0 Å². The summed E-state index contributed by atoms with van der Waals surface area (Å²) in [5.41, 5.74) is 1.07. The molecule has 2 rings (SSSR count). The number of nitrogens with zero attached hydrogens (tertiary/aromatic N) is 2. The lowest BCUT2D eigenvalue weighted by molar-refractivity contribution is -0.140. The summed E-state index contributed by atoms with van der Waals surface area (Å²) in [5.74, 6) is -0.572. The highest BCUT2D eigenvalue weighted by molar-refractivity contribution is 7.92. The SMILES string of the molecule is CCCNC(=O)[C@@H](C)N(Cc1ccc(F)cc1)C(=O)CCCN(c1ccccc1OC)S(C)(=O)=O. The lowest BCUT2D eigenvalue weighted by atomic mass is 10.1.